The molecule has 8 nitrogen and oxygen atoms in total. The number of aliphatic hydroxyl groups is 1. The molecule has 108 valence electrons. The van der Waals surface area contributed by atoms with Crippen molar-refractivity contribution in [2.75, 3.05) is 6.54 Å². The molecule has 0 atom stereocenters. The maximum absolute atomic E-state index is 11.9. The first-order valence-electron chi connectivity index (χ1n) is 5.74. The van der Waals surface area contributed by atoms with E-state index in [0.717, 1.165) is 6.20 Å². The second kappa shape index (κ2) is 5.68. The van der Waals surface area contributed by atoms with Gasteiger partial charge in [-0.25, -0.2) is 17.9 Å². The summed E-state index contributed by atoms with van der Waals surface area (Å²) in [6.07, 6.45) is 1.67. The Morgan fingerprint density at radius 1 is 1.47 bits per heavy atom. The first-order chi connectivity index (χ1) is 8.75. The smallest absolute Gasteiger partial charge is 0.340 e. The molecule has 4 N–H and O–H groups in total. The number of nitrogens with zero attached hydrogens (tertiary/aromatic N) is 1. The number of aromatic nitrogens is 2. The number of carbonyl (C=O) groups is 1. The Bertz CT molecular complexity index is 547. The number of sulfonamides is 1. The van der Waals surface area contributed by atoms with Gasteiger partial charge in [0.2, 0.25) is 0 Å². The molecule has 1 heterocycles. The highest BCUT2D eigenvalue weighted by atomic mass is 32.2. The van der Waals surface area contributed by atoms with Gasteiger partial charge in [-0.05, 0) is 12.8 Å². The van der Waals surface area contributed by atoms with Crippen molar-refractivity contribution in [2.45, 2.75) is 37.3 Å². The van der Waals surface area contributed by atoms with Gasteiger partial charge in [-0.3, -0.25) is 5.10 Å². The second-order valence-electron chi connectivity index (χ2n) is 4.17. The zero-order valence-electron chi connectivity index (χ0n) is 10.7. The van der Waals surface area contributed by atoms with Crippen molar-refractivity contribution in [1.29, 1.82) is 0 Å². The molecular weight excluding hydrogens is 274 g/mol. The highest BCUT2D eigenvalue weighted by Gasteiger charge is 2.29. The van der Waals surface area contributed by atoms with Crippen LogP contribution in [-0.2, 0) is 10.0 Å². The molecule has 9 heteroatoms. The van der Waals surface area contributed by atoms with Gasteiger partial charge >= 0.3 is 5.97 Å². The number of hydrogen-bond donors (Lipinski definition) is 4. The fourth-order valence-corrected chi connectivity index (χ4v) is 2.64. The van der Waals surface area contributed by atoms with E-state index in [9.17, 15) is 18.3 Å². The van der Waals surface area contributed by atoms with Gasteiger partial charge in [0.1, 0.15) is 5.56 Å². The number of aromatic carboxylic acids is 1. The van der Waals surface area contributed by atoms with E-state index in [4.69, 9.17) is 5.11 Å². The number of rotatable bonds is 7. The van der Waals surface area contributed by atoms with Gasteiger partial charge in [-0.2, -0.15) is 5.10 Å². The highest BCUT2D eigenvalue weighted by molar-refractivity contribution is 7.89. The molecule has 0 unspecified atom stereocenters. The molecule has 0 fully saturated rings. The molecule has 0 radical (unpaired) electrons. The largest absolute Gasteiger partial charge is 0.478 e. The van der Waals surface area contributed by atoms with Gasteiger partial charge in [0, 0.05) is 6.54 Å². The molecule has 19 heavy (non-hydrogen) atoms. The van der Waals surface area contributed by atoms with E-state index in [1.807, 2.05) is 0 Å². The number of carboxylic acid groups (broad SMARTS) is 1. The normalized spacial score (nSPS) is 12.6. The summed E-state index contributed by atoms with van der Waals surface area (Å²) in [5.41, 5.74) is -1.60. The van der Waals surface area contributed by atoms with E-state index < -0.39 is 32.2 Å². The Hall–Kier alpha value is -1.45. The summed E-state index contributed by atoms with van der Waals surface area (Å²) in [7, 11) is -4.05. The molecule has 0 aliphatic rings. The minimum Gasteiger partial charge on any atom is -0.478 e. The standard InChI is InChI=1S/C10H17N3O5S/c1-3-10(16,4-2)6-12-19(17,18)8-7(9(14)15)5-11-13-8/h5,12,16H,3-4,6H2,1-2H3,(H,11,13)(H,14,15). The summed E-state index contributed by atoms with van der Waals surface area (Å²) in [4.78, 5) is 10.8. The van der Waals surface area contributed by atoms with Crippen molar-refractivity contribution in [2.24, 2.45) is 0 Å². The SMILES string of the molecule is CCC(O)(CC)CNS(=O)(=O)c1[nH]ncc1C(=O)O. The maximum atomic E-state index is 11.9. The van der Waals surface area contributed by atoms with Crippen LogP contribution >= 0.6 is 0 Å². The number of H-pyrrole nitrogens is 1. The van der Waals surface area contributed by atoms with Gasteiger partial charge in [0.25, 0.3) is 10.0 Å². The summed E-state index contributed by atoms with van der Waals surface area (Å²) < 4.78 is 26.1. The Morgan fingerprint density at radius 3 is 2.53 bits per heavy atom. The zero-order chi connectivity index (χ0) is 14.7. The molecule has 0 saturated carbocycles. The van der Waals surface area contributed by atoms with E-state index in [2.05, 4.69) is 14.9 Å². The first-order valence-corrected chi connectivity index (χ1v) is 7.22. The molecule has 1 aromatic heterocycles. The van der Waals surface area contributed by atoms with Gasteiger partial charge in [0.05, 0.1) is 11.8 Å². The van der Waals surface area contributed by atoms with Crippen LogP contribution in [0.1, 0.15) is 37.0 Å². The predicted octanol–water partition coefficient (Wildman–Crippen LogP) is -0.0627. The maximum Gasteiger partial charge on any atom is 0.340 e. The molecule has 1 rings (SSSR count). The lowest BCUT2D eigenvalue weighted by molar-refractivity contribution is 0.0377. The Kier molecular flexibility index (Phi) is 4.66. The lowest BCUT2D eigenvalue weighted by Gasteiger charge is -2.25. The van der Waals surface area contributed by atoms with E-state index in [-0.39, 0.29) is 6.54 Å². The number of carboxylic acids is 1. The molecule has 0 amide bonds. The number of aromatic amines is 1. The lowest BCUT2D eigenvalue weighted by Crippen LogP contribution is -2.42. The van der Waals surface area contributed by atoms with E-state index in [1.165, 1.54) is 0 Å². The van der Waals surface area contributed by atoms with Crippen LogP contribution in [0.25, 0.3) is 0 Å². The third-order valence-electron chi connectivity index (χ3n) is 3.01. The van der Waals surface area contributed by atoms with Gasteiger partial charge in [-0.1, -0.05) is 13.8 Å². The number of nitrogens with one attached hydrogen (secondary N) is 2. The summed E-state index contributed by atoms with van der Waals surface area (Å²) in [6.45, 7) is 3.27. The zero-order valence-corrected chi connectivity index (χ0v) is 11.5. The van der Waals surface area contributed by atoms with Crippen LogP contribution in [0, 0.1) is 0 Å². The Balaban J connectivity index is 2.94. The van der Waals surface area contributed by atoms with Crippen LogP contribution < -0.4 is 4.72 Å². The number of hydrogen-bond acceptors (Lipinski definition) is 5. The Labute approximate surface area is 110 Å². The van der Waals surface area contributed by atoms with Crippen LogP contribution in [0.4, 0.5) is 0 Å². The van der Waals surface area contributed by atoms with E-state index in [1.54, 1.807) is 13.8 Å². The van der Waals surface area contributed by atoms with Crippen molar-refractivity contribution in [1.82, 2.24) is 14.9 Å². The Morgan fingerprint density at radius 2 is 2.05 bits per heavy atom. The van der Waals surface area contributed by atoms with E-state index in [0.29, 0.717) is 12.8 Å². The fourth-order valence-electron chi connectivity index (χ4n) is 1.43. The van der Waals surface area contributed by atoms with E-state index >= 15 is 0 Å². The minimum atomic E-state index is -4.05. The summed E-state index contributed by atoms with van der Waals surface area (Å²) in [6, 6.07) is 0. The van der Waals surface area contributed by atoms with Crippen molar-refractivity contribution >= 4 is 16.0 Å². The van der Waals surface area contributed by atoms with Crippen molar-refractivity contribution in [3.63, 3.8) is 0 Å². The van der Waals surface area contributed by atoms with Crippen LogP contribution in [0.3, 0.4) is 0 Å². The quantitative estimate of drug-likeness (QED) is 0.556. The lowest BCUT2D eigenvalue weighted by atomic mass is 9.98. The average Bonchev–Trinajstić information content (AvgIpc) is 2.86. The fraction of sp³-hybridized carbons (Fsp3) is 0.600. The summed E-state index contributed by atoms with van der Waals surface area (Å²) in [5, 5.41) is 23.9. The molecule has 0 aliphatic carbocycles. The molecule has 0 spiro atoms. The summed E-state index contributed by atoms with van der Waals surface area (Å²) >= 11 is 0. The highest BCUT2D eigenvalue weighted by Crippen LogP contribution is 2.16. The summed E-state index contributed by atoms with van der Waals surface area (Å²) in [5.74, 6) is -1.39. The monoisotopic (exact) mass is 291 g/mol. The second-order valence-corrected chi connectivity index (χ2v) is 5.88. The van der Waals surface area contributed by atoms with Crippen LogP contribution in [-0.4, -0.2) is 46.9 Å². The molecule has 0 bridgehead atoms. The third-order valence-corrected chi connectivity index (χ3v) is 4.38. The third kappa shape index (κ3) is 3.52. The predicted molar refractivity (Wildman–Crippen MR) is 66.3 cm³/mol. The molecular formula is C10H17N3O5S. The van der Waals surface area contributed by atoms with Crippen molar-refractivity contribution in [3.8, 4) is 0 Å². The van der Waals surface area contributed by atoms with Crippen LogP contribution in [0.2, 0.25) is 0 Å². The van der Waals surface area contributed by atoms with Gasteiger partial charge in [-0.15, -0.1) is 0 Å². The minimum absolute atomic E-state index is 0.194. The molecule has 1 aromatic rings. The van der Waals surface area contributed by atoms with Crippen LogP contribution in [0.5, 0.6) is 0 Å². The molecule has 0 aromatic carbocycles. The van der Waals surface area contributed by atoms with Gasteiger partial charge in [0.15, 0.2) is 5.03 Å². The van der Waals surface area contributed by atoms with Crippen molar-refractivity contribution < 1.29 is 23.4 Å². The topological polar surface area (TPSA) is 132 Å². The average molecular weight is 291 g/mol. The first kappa shape index (κ1) is 15.6. The van der Waals surface area contributed by atoms with Crippen molar-refractivity contribution in [3.05, 3.63) is 11.8 Å². The van der Waals surface area contributed by atoms with Crippen LogP contribution in [0.15, 0.2) is 11.2 Å². The molecule has 0 saturated heterocycles. The van der Waals surface area contributed by atoms with Gasteiger partial charge < -0.3 is 10.2 Å². The molecule has 0 aliphatic heterocycles.